The van der Waals surface area contributed by atoms with E-state index in [1.54, 1.807) is 17.4 Å². The van der Waals surface area contributed by atoms with Crippen molar-refractivity contribution in [1.82, 2.24) is 4.98 Å². The van der Waals surface area contributed by atoms with E-state index >= 15 is 0 Å². The van der Waals surface area contributed by atoms with Crippen LogP contribution in [0.4, 0.5) is 5.69 Å². The van der Waals surface area contributed by atoms with E-state index in [2.05, 4.69) is 10.3 Å². The average Bonchev–Trinajstić information content (AvgIpc) is 2.73. The number of aryl methyl sites for hydroxylation is 1. The summed E-state index contributed by atoms with van der Waals surface area (Å²) in [6.07, 6.45) is 0. The van der Waals surface area contributed by atoms with Crippen LogP contribution in [-0.2, 0) is 6.54 Å². The van der Waals surface area contributed by atoms with Crippen molar-refractivity contribution in [3.05, 3.63) is 44.9 Å². The first-order valence-corrected chi connectivity index (χ1v) is 6.96. The van der Waals surface area contributed by atoms with Gasteiger partial charge in [-0.15, -0.1) is 11.3 Å². The predicted molar refractivity (Wildman–Crippen MR) is 81.5 cm³/mol. The highest BCUT2D eigenvalue weighted by molar-refractivity contribution is 7.80. The summed E-state index contributed by atoms with van der Waals surface area (Å²) in [6, 6.07) is 5.51. The number of nitrogens with zero attached hydrogens (tertiary/aromatic N) is 1. The van der Waals surface area contributed by atoms with Crippen LogP contribution in [0.1, 0.15) is 16.1 Å². The second-order valence-electron chi connectivity index (χ2n) is 3.77. The monoisotopic (exact) mass is 297 g/mol. The van der Waals surface area contributed by atoms with E-state index in [9.17, 15) is 0 Å². The fourth-order valence-corrected chi connectivity index (χ4v) is 2.57. The first-order valence-electron chi connectivity index (χ1n) is 5.30. The summed E-state index contributed by atoms with van der Waals surface area (Å²) in [5, 5.41) is 3.89. The highest BCUT2D eigenvalue weighted by atomic mass is 35.5. The fourth-order valence-electron chi connectivity index (χ4n) is 1.48. The zero-order valence-electron chi connectivity index (χ0n) is 9.74. The zero-order chi connectivity index (χ0) is 13.1. The molecule has 0 amide bonds. The van der Waals surface area contributed by atoms with Gasteiger partial charge in [0, 0.05) is 10.4 Å². The summed E-state index contributed by atoms with van der Waals surface area (Å²) in [4.78, 5) is 5.75. The quantitative estimate of drug-likeness (QED) is 0.850. The summed E-state index contributed by atoms with van der Waals surface area (Å²) >= 11 is 12.7. The third-order valence-electron chi connectivity index (χ3n) is 2.54. The molecule has 94 valence electrons. The van der Waals surface area contributed by atoms with Gasteiger partial charge in [0.25, 0.3) is 0 Å². The number of halogens is 1. The van der Waals surface area contributed by atoms with Crippen molar-refractivity contribution in [3.63, 3.8) is 0 Å². The number of benzene rings is 1. The van der Waals surface area contributed by atoms with Gasteiger partial charge in [0.15, 0.2) is 0 Å². The fraction of sp³-hybridized carbons (Fsp3) is 0.167. The van der Waals surface area contributed by atoms with Crippen LogP contribution in [0.15, 0.2) is 23.7 Å². The maximum Gasteiger partial charge on any atom is 0.104 e. The van der Waals surface area contributed by atoms with Crippen molar-refractivity contribution in [2.45, 2.75) is 13.5 Å². The molecule has 0 aliphatic rings. The van der Waals surface area contributed by atoms with E-state index in [0.717, 1.165) is 16.9 Å². The van der Waals surface area contributed by atoms with Crippen LogP contribution in [-0.4, -0.2) is 9.97 Å². The highest BCUT2D eigenvalue weighted by Crippen LogP contribution is 2.24. The number of hydrogen-bond donors (Lipinski definition) is 2. The molecule has 6 heteroatoms. The number of nitrogens with one attached hydrogen (secondary N) is 1. The van der Waals surface area contributed by atoms with Gasteiger partial charge >= 0.3 is 0 Å². The number of aromatic nitrogens is 1. The Balaban J connectivity index is 2.11. The molecule has 18 heavy (non-hydrogen) atoms. The minimum atomic E-state index is 0.349. The molecular weight excluding hydrogens is 286 g/mol. The van der Waals surface area contributed by atoms with E-state index < -0.39 is 0 Å². The second kappa shape index (κ2) is 5.65. The molecule has 0 fully saturated rings. The molecule has 0 aliphatic heterocycles. The normalized spacial score (nSPS) is 10.3. The number of nitrogens with two attached hydrogens (primary N) is 1. The Morgan fingerprint density at radius 3 is 2.89 bits per heavy atom. The van der Waals surface area contributed by atoms with Gasteiger partial charge in [-0.25, -0.2) is 4.98 Å². The molecule has 2 rings (SSSR count). The van der Waals surface area contributed by atoms with Gasteiger partial charge in [0.2, 0.25) is 0 Å². The third-order valence-corrected chi connectivity index (χ3v) is 4.02. The molecule has 0 saturated heterocycles. The summed E-state index contributed by atoms with van der Waals surface area (Å²) in [6.45, 7) is 2.70. The summed E-state index contributed by atoms with van der Waals surface area (Å²) in [7, 11) is 0. The van der Waals surface area contributed by atoms with Crippen molar-refractivity contribution in [1.29, 1.82) is 0 Å². The van der Waals surface area contributed by atoms with Crippen LogP contribution < -0.4 is 11.1 Å². The molecule has 2 aromatic rings. The van der Waals surface area contributed by atoms with Gasteiger partial charge < -0.3 is 11.1 Å². The maximum atomic E-state index is 6.16. The molecule has 0 radical (unpaired) electrons. The first kappa shape index (κ1) is 13.3. The molecule has 0 saturated carbocycles. The molecule has 1 heterocycles. The van der Waals surface area contributed by atoms with Crippen LogP contribution >= 0.6 is 35.2 Å². The number of hydrogen-bond acceptors (Lipinski definition) is 4. The van der Waals surface area contributed by atoms with E-state index in [0.29, 0.717) is 16.6 Å². The van der Waals surface area contributed by atoms with E-state index in [1.807, 2.05) is 24.6 Å². The summed E-state index contributed by atoms with van der Waals surface area (Å²) < 4.78 is 0. The molecule has 0 atom stereocenters. The smallest absolute Gasteiger partial charge is 0.104 e. The minimum absolute atomic E-state index is 0.349. The molecule has 0 bridgehead atoms. The van der Waals surface area contributed by atoms with E-state index in [1.165, 1.54) is 4.88 Å². The summed E-state index contributed by atoms with van der Waals surface area (Å²) in [5.41, 5.74) is 10.1. The van der Waals surface area contributed by atoms with Crippen molar-refractivity contribution in [2.75, 3.05) is 5.32 Å². The van der Waals surface area contributed by atoms with Crippen molar-refractivity contribution < 1.29 is 0 Å². The van der Waals surface area contributed by atoms with Gasteiger partial charge in [0.05, 0.1) is 28.5 Å². The molecule has 0 aliphatic carbocycles. The number of anilines is 1. The van der Waals surface area contributed by atoms with Gasteiger partial charge in [-0.3, -0.25) is 0 Å². The summed E-state index contributed by atoms with van der Waals surface area (Å²) in [5.74, 6) is 0. The Labute approximate surface area is 120 Å². The Bertz CT molecular complexity index is 580. The Morgan fingerprint density at radius 2 is 2.33 bits per heavy atom. The molecule has 0 spiro atoms. The van der Waals surface area contributed by atoms with Gasteiger partial charge in [-0.2, -0.15) is 0 Å². The van der Waals surface area contributed by atoms with E-state index in [4.69, 9.17) is 29.6 Å². The highest BCUT2D eigenvalue weighted by Gasteiger charge is 2.05. The lowest BCUT2D eigenvalue weighted by Crippen LogP contribution is -2.09. The predicted octanol–water partition coefficient (Wildman–Crippen LogP) is 3.35. The lowest BCUT2D eigenvalue weighted by molar-refractivity contribution is 1.12. The standard InChI is InChI=1S/C12H12ClN3S2/c1-7-11(18-6-16-7)5-15-10-3-2-8(12(14)17)4-9(10)13/h2-4,6,15H,5H2,1H3,(H2,14,17). The van der Waals surface area contributed by atoms with Gasteiger partial charge in [-0.1, -0.05) is 23.8 Å². The number of thiazole rings is 1. The lowest BCUT2D eigenvalue weighted by Gasteiger charge is -2.09. The van der Waals surface area contributed by atoms with Crippen LogP contribution in [0.25, 0.3) is 0 Å². The van der Waals surface area contributed by atoms with Crippen LogP contribution in [0, 0.1) is 6.92 Å². The zero-order valence-corrected chi connectivity index (χ0v) is 12.1. The molecule has 1 aromatic heterocycles. The Hall–Kier alpha value is -1.17. The van der Waals surface area contributed by atoms with Crippen molar-refractivity contribution in [2.24, 2.45) is 5.73 Å². The molecule has 1 aromatic carbocycles. The molecular formula is C12H12ClN3S2. The number of rotatable bonds is 4. The Kier molecular flexibility index (Phi) is 4.16. The molecule has 3 N–H and O–H groups in total. The second-order valence-corrected chi connectivity index (χ2v) is 5.56. The molecule has 3 nitrogen and oxygen atoms in total. The average molecular weight is 298 g/mol. The van der Waals surface area contributed by atoms with Crippen LogP contribution in [0.2, 0.25) is 5.02 Å². The van der Waals surface area contributed by atoms with Crippen molar-refractivity contribution in [3.8, 4) is 0 Å². The van der Waals surface area contributed by atoms with Crippen LogP contribution in [0.3, 0.4) is 0 Å². The van der Waals surface area contributed by atoms with Gasteiger partial charge in [0.1, 0.15) is 4.99 Å². The third kappa shape index (κ3) is 2.98. The topological polar surface area (TPSA) is 50.9 Å². The molecule has 0 unspecified atom stereocenters. The number of thiocarbonyl (C=S) groups is 1. The van der Waals surface area contributed by atoms with E-state index in [-0.39, 0.29) is 0 Å². The Morgan fingerprint density at radius 1 is 1.56 bits per heavy atom. The van der Waals surface area contributed by atoms with Crippen molar-refractivity contribution >= 4 is 45.8 Å². The first-order chi connectivity index (χ1) is 8.58. The lowest BCUT2D eigenvalue weighted by atomic mass is 10.2. The maximum absolute atomic E-state index is 6.16. The minimum Gasteiger partial charge on any atom is -0.389 e. The van der Waals surface area contributed by atoms with Crippen LogP contribution in [0.5, 0.6) is 0 Å². The van der Waals surface area contributed by atoms with Gasteiger partial charge in [-0.05, 0) is 25.1 Å². The largest absolute Gasteiger partial charge is 0.389 e. The SMILES string of the molecule is Cc1ncsc1CNc1ccc(C(N)=S)cc1Cl.